The lowest BCUT2D eigenvalue weighted by molar-refractivity contribution is 0.401. The second-order valence-electron chi connectivity index (χ2n) is 5.03. The van der Waals surface area contributed by atoms with Gasteiger partial charge >= 0.3 is 0 Å². The van der Waals surface area contributed by atoms with Crippen LogP contribution >= 0.6 is 27.3 Å². The van der Waals surface area contributed by atoms with E-state index >= 15 is 0 Å². The van der Waals surface area contributed by atoms with Crippen molar-refractivity contribution in [3.05, 3.63) is 15.6 Å². The molecule has 0 aliphatic carbocycles. The lowest BCUT2D eigenvalue weighted by Gasteiger charge is -2.18. The Labute approximate surface area is 121 Å². The molecule has 6 heteroatoms. The highest BCUT2D eigenvalue weighted by Crippen LogP contribution is 2.31. The van der Waals surface area contributed by atoms with Crippen molar-refractivity contribution in [1.29, 1.82) is 0 Å². The second kappa shape index (κ2) is 5.59. The molecule has 1 aromatic heterocycles. The average molecular weight is 352 g/mol. The summed E-state index contributed by atoms with van der Waals surface area (Å²) in [6.45, 7) is 4.11. The Hall–Kier alpha value is 0.0600. The lowest BCUT2D eigenvalue weighted by Crippen LogP contribution is -2.20. The highest BCUT2D eigenvalue weighted by molar-refractivity contribution is 9.09. The van der Waals surface area contributed by atoms with Gasteiger partial charge in [0.1, 0.15) is 0 Å². The number of hydrogen-bond acceptors (Lipinski definition) is 4. The molecule has 3 nitrogen and oxygen atoms in total. The first-order valence-corrected chi connectivity index (χ1v) is 9.86. The van der Waals surface area contributed by atoms with E-state index in [4.69, 9.17) is 0 Å². The van der Waals surface area contributed by atoms with Gasteiger partial charge in [0.2, 0.25) is 0 Å². The van der Waals surface area contributed by atoms with E-state index in [1.807, 2.05) is 6.92 Å². The zero-order chi connectivity index (χ0) is 13.3. The van der Waals surface area contributed by atoms with E-state index in [0.717, 1.165) is 28.9 Å². The number of sulfone groups is 1. The van der Waals surface area contributed by atoms with E-state index in [2.05, 4.69) is 27.8 Å². The number of nitrogens with zero attached hydrogens (tertiary/aromatic N) is 1. The Kier molecular flexibility index (Phi) is 4.49. The van der Waals surface area contributed by atoms with Crippen molar-refractivity contribution in [1.82, 2.24) is 4.98 Å². The summed E-state index contributed by atoms with van der Waals surface area (Å²) < 4.78 is 23.1. The summed E-state index contributed by atoms with van der Waals surface area (Å²) in [5.41, 5.74) is 1.10. The first-order chi connectivity index (χ1) is 8.41. The molecule has 0 amide bonds. The van der Waals surface area contributed by atoms with Gasteiger partial charge in [-0.25, -0.2) is 13.4 Å². The number of rotatable bonds is 4. The maximum Gasteiger partial charge on any atom is 0.150 e. The third-order valence-corrected chi connectivity index (χ3v) is 7.36. The van der Waals surface area contributed by atoms with Crippen LogP contribution in [0.4, 0.5) is 0 Å². The summed E-state index contributed by atoms with van der Waals surface area (Å²) in [7, 11) is -2.78. The fourth-order valence-corrected chi connectivity index (χ4v) is 6.10. The first-order valence-electron chi connectivity index (χ1n) is 6.10. The maximum absolute atomic E-state index is 11.5. The topological polar surface area (TPSA) is 47.0 Å². The summed E-state index contributed by atoms with van der Waals surface area (Å²) in [5.74, 6) is 1.38. The van der Waals surface area contributed by atoms with Gasteiger partial charge in [-0.1, -0.05) is 15.9 Å². The highest BCUT2D eigenvalue weighted by Gasteiger charge is 2.33. The molecular formula is C12H18BrNO2S2. The molecule has 2 rings (SSSR count). The molecule has 1 saturated heterocycles. The van der Waals surface area contributed by atoms with Gasteiger partial charge in [0.15, 0.2) is 9.84 Å². The van der Waals surface area contributed by atoms with Gasteiger partial charge in [-0.15, -0.1) is 11.3 Å². The van der Waals surface area contributed by atoms with Gasteiger partial charge in [-0.3, -0.25) is 0 Å². The maximum atomic E-state index is 11.5. The van der Waals surface area contributed by atoms with Crippen LogP contribution in [0.15, 0.2) is 0 Å². The summed E-state index contributed by atoms with van der Waals surface area (Å²) in [6.07, 6.45) is 1.70. The SMILES string of the molecule is Cc1nc(CC(CBr)C2CCS(=O)(=O)C2)sc1C. The molecule has 18 heavy (non-hydrogen) atoms. The fourth-order valence-electron chi connectivity index (χ4n) is 2.39. The molecule has 0 spiro atoms. The normalized spacial score (nSPS) is 24.3. The minimum atomic E-state index is -2.78. The molecule has 2 unspecified atom stereocenters. The van der Waals surface area contributed by atoms with Gasteiger partial charge in [-0.05, 0) is 32.1 Å². The number of thiazole rings is 1. The van der Waals surface area contributed by atoms with Crippen LogP contribution in [0.5, 0.6) is 0 Å². The van der Waals surface area contributed by atoms with Crippen molar-refractivity contribution in [2.24, 2.45) is 11.8 Å². The Morgan fingerprint density at radius 1 is 1.50 bits per heavy atom. The van der Waals surface area contributed by atoms with Crippen LogP contribution in [-0.4, -0.2) is 30.2 Å². The fraction of sp³-hybridized carbons (Fsp3) is 0.750. The number of aryl methyl sites for hydroxylation is 2. The molecule has 0 saturated carbocycles. The molecule has 2 heterocycles. The number of alkyl halides is 1. The zero-order valence-electron chi connectivity index (χ0n) is 10.6. The lowest BCUT2D eigenvalue weighted by atomic mass is 9.91. The van der Waals surface area contributed by atoms with Crippen molar-refractivity contribution < 1.29 is 8.42 Å². The summed E-state index contributed by atoms with van der Waals surface area (Å²) >= 11 is 5.26. The quantitative estimate of drug-likeness (QED) is 0.783. The zero-order valence-corrected chi connectivity index (χ0v) is 13.9. The van der Waals surface area contributed by atoms with Gasteiger partial charge in [-0.2, -0.15) is 0 Å². The van der Waals surface area contributed by atoms with Crippen LogP contribution in [0.2, 0.25) is 0 Å². The van der Waals surface area contributed by atoms with Crippen LogP contribution in [0.1, 0.15) is 22.0 Å². The predicted molar refractivity (Wildman–Crippen MR) is 79.3 cm³/mol. The van der Waals surface area contributed by atoms with E-state index in [1.165, 1.54) is 4.88 Å². The van der Waals surface area contributed by atoms with Crippen molar-refractivity contribution in [3.8, 4) is 0 Å². The third-order valence-electron chi connectivity index (χ3n) is 3.64. The minimum absolute atomic E-state index is 0.291. The molecule has 1 aromatic rings. The van der Waals surface area contributed by atoms with Crippen molar-refractivity contribution in [2.45, 2.75) is 26.7 Å². The smallest absolute Gasteiger partial charge is 0.150 e. The largest absolute Gasteiger partial charge is 0.246 e. The van der Waals surface area contributed by atoms with Crippen LogP contribution in [-0.2, 0) is 16.3 Å². The summed E-state index contributed by atoms with van der Waals surface area (Å²) in [6, 6.07) is 0. The Bertz CT molecular complexity index is 505. The highest BCUT2D eigenvalue weighted by atomic mass is 79.9. The molecular weight excluding hydrogens is 334 g/mol. The average Bonchev–Trinajstić information content (AvgIpc) is 2.79. The van der Waals surface area contributed by atoms with Crippen LogP contribution in [0, 0.1) is 25.7 Å². The predicted octanol–water partition coefficient (Wildman–Crippen LogP) is 2.75. The van der Waals surface area contributed by atoms with E-state index in [9.17, 15) is 8.42 Å². The Balaban J connectivity index is 2.06. The molecule has 1 aliphatic heterocycles. The van der Waals surface area contributed by atoms with E-state index in [1.54, 1.807) is 11.3 Å². The van der Waals surface area contributed by atoms with E-state index in [-0.39, 0.29) is 0 Å². The van der Waals surface area contributed by atoms with E-state index in [0.29, 0.717) is 23.3 Å². The molecule has 0 radical (unpaired) electrons. The molecule has 0 bridgehead atoms. The van der Waals surface area contributed by atoms with Crippen LogP contribution < -0.4 is 0 Å². The van der Waals surface area contributed by atoms with Crippen molar-refractivity contribution in [3.63, 3.8) is 0 Å². The van der Waals surface area contributed by atoms with Crippen molar-refractivity contribution >= 4 is 37.1 Å². The number of hydrogen-bond donors (Lipinski definition) is 0. The molecule has 102 valence electrons. The van der Waals surface area contributed by atoms with E-state index < -0.39 is 9.84 Å². The first kappa shape index (κ1) is 14.5. The standard InChI is InChI=1S/C12H18BrNO2S2/c1-8-9(2)17-12(14-8)5-11(6-13)10-3-4-18(15,16)7-10/h10-11H,3-7H2,1-2H3. The van der Waals surface area contributed by atoms with Crippen LogP contribution in [0.3, 0.4) is 0 Å². The van der Waals surface area contributed by atoms with Gasteiger partial charge in [0.25, 0.3) is 0 Å². The third kappa shape index (κ3) is 3.33. The van der Waals surface area contributed by atoms with Gasteiger partial charge in [0, 0.05) is 16.6 Å². The second-order valence-corrected chi connectivity index (χ2v) is 9.19. The molecule has 1 aliphatic rings. The summed E-state index contributed by atoms with van der Waals surface area (Å²) in [5, 5.41) is 1.99. The monoisotopic (exact) mass is 351 g/mol. The van der Waals surface area contributed by atoms with Gasteiger partial charge < -0.3 is 0 Å². The molecule has 0 N–H and O–H groups in total. The van der Waals surface area contributed by atoms with Crippen molar-refractivity contribution in [2.75, 3.05) is 16.8 Å². The number of aromatic nitrogens is 1. The molecule has 2 atom stereocenters. The Morgan fingerprint density at radius 2 is 2.22 bits per heavy atom. The number of halogens is 1. The summed E-state index contributed by atoms with van der Waals surface area (Å²) in [4.78, 5) is 5.82. The molecule has 0 aromatic carbocycles. The molecule has 1 fully saturated rings. The Morgan fingerprint density at radius 3 is 2.67 bits per heavy atom. The minimum Gasteiger partial charge on any atom is -0.246 e. The van der Waals surface area contributed by atoms with Crippen LogP contribution in [0.25, 0.3) is 0 Å². The van der Waals surface area contributed by atoms with Gasteiger partial charge in [0.05, 0.1) is 22.2 Å².